The largest absolute Gasteiger partial charge is 0.490 e. The smallest absolute Gasteiger partial charge is 0.166 e. The minimum Gasteiger partial charge on any atom is -0.490 e. The number of rotatable bonds is 6. The van der Waals surface area contributed by atoms with Gasteiger partial charge < -0.3 is 4.74 Å². The van der Waals surface area contributed by atoms with Crippen LogP contribution in [0, 0.1) is 23.1 Å². The molecule has 0 saturated heterocycles. The fourth-order valence-electron chi connectivity index (χ4n) is 1.51. The molecule has 0 amide bonds. The number of hydrogen-bond acceptors (Lipinski definition) is 2. The molecule has 0 N–H and O–H groups in total. The van der Waals surface area contributed by atoms with Gasteiger partial charge in [0.1, 0.15) is 0 Å². The van der Waals surface area contributed by atoms with Crippen molar-refractivity contribution in [2.75, 3.05) is 11.9 Å². The number of alkyl halides is 1. The number of hydrogen-bond donors (Lipinski definition) is 0. The molecule has 0 aromatic heterocycles. The number of ether oxygens (including phenoxy) is 1. The molecule has 1 aromatic carbocycles. The SMILES string of the molecule is CCCC(CBr)COc1ccc(C#N)cc1F. The van der Waals surface area contributed by atoms with E-state index in [2.05, 4.69) is 22.9 Å². The molecule has 0 bridgehead atoms. The maximum absolute atomic E-state index is 13.5. The van der Waals surface area contributed by atoms with Crippen LogP contribution in [-0.2, 0) is 0 Å². The van der Waals surface area contributed by atoms with Gasteiger partial charge in [0.15, 0.2) is 11.6 Å². The Hall–Kier alpha value is -1.08. The maximum Gasteiger partial charge on any atom is 0.166 e. The predicted molar refractivity (Wildman–Crippen MR) is 68.8 cm³/mol. The lowest BCUT2D eigenvalue weighted by atomic mass is 10.1. The Morgan fingerprint density at radius 1 is 1.53 bits per heavy atom. The molecule has 92 valence electrons. The van der Waals surface area contributed by atoms with E-state index >= 15 is 0 Å². The van der Waals surface area contributed by atoms with Gasteiger partial charge in [0.2, 0.25) is 0 Å². The van der Waals surface area contributed by atoms with Gasteiger partial charge in [0.05, 0.1) is 18.2 Å². The van der Waals surface area contributed by atoms with Gasteiger partial charge in [0, 0.05) is 11.2 Å². The van der Waals surface area contributed by atoms with Crippen LogP contribution in [0.15, 0.2) is 18.2 Å². The molecular formula is C13H15BrFNO. The Morgan fingerprint density at radius 3 is 2.82 bits per heavy atom. The van der Waals surface area contributed by atoms with Crippen LogP contribution in [0.2, 0.25) is 0 Å². The third kappa shape index (κ3) is 4.35. The number of nitrogens with zero attached hydrogens (tertiary/aromatic N) is 1. The van der Waals surface area contributed by atoms with E-state index in [1.807, 2.05) is 6.07 Å². The molecule has 1 unspecified atom stereocenters. The van der Waals surface area contributed by atoms with E-state index in [1.165, 1.54) is 12.1 Å². The first-order chi connectivity index (χ1) is 8.21. The van der Waals surface area contributed by atoms with Crippen LogP contribution in [0.5, 0.6) is 5.75 Å². The lowest BCUT2D eigenvalue weighted by Crippen LogP contribution is -2.13. The van der Waals surface area contributed by atoms with Gasteiger partial charge in [-0.2, -0.15) is 5.26 Å². The molecule has 1 atom stereocenters. The molecule has 4 heteroatoms. The van der Waals surface area contributed by atoms with Crippen molar-refractivity contribution < 1.29 is 9.13 Å². The minimum atomic E-state index is -0.478. The van der Waals surface area contributed by atoms with Gasteiger partial charge in [-0.3, -0.25) is 0 Å². The van der Waals surface area contributed by atoms with Crippen LogP contribution in [-0.4, -0.2) is 11.9 Å². The van der Waals surface area contributed by atoms with E-state index in [-0.39, 0.29) is 5.75 Å². The van der Waals surface area contributed by atoms with E-state index in [1.54, 1.807) is 6.07 Å². The predicted octanol–water partition coefficient (Wildman–Crippen LogP) is 3.89. The summed E-state index contributed by atoms with van der Waals surface area (Å²) in [5, 5.41) is 9.46. The summed E-state index contributed by atoms with van der Waals surface area (Å²) in [6.07, 6.45) is 2.12. The molecule has 17 heavy (non-hydrogen) atoms. The fourth-order valence-corrected chi connectivity index (χ4v) is 2.02. The van der Waals surface area contributed by atoms with Crippen molar-refractivity contribution in [2.45, 2.75) is 19.8 Å². The zero-order chi connectivity index (χ0) is 12.7. The van der Waals surface area contributed by atoms with Gasteiger partial charge >= 0.3 is 0 Å². The van der Waals surface area contributed by atoms with Crippen LogP contribution >= 0.6 is 15.9 Å². The van der Waals surface area contributed by atoms with Gasteiger partial charge in [0.25, 0.3) is 0 Å². The van der Waals surface area contributed by atoms with Gasteiger partial charge in [-0.25, -0.2) is 4.39 Å². The third-order valence-electron chi connectivity index (χ3n) is 2.45. The van der Waals surface area contributed by atoms with Crippen molar-refractivity contribution in [3.63, 3.8) is 0 Å². The summed E-state index contributed by atoms with van der Waals surface area (Å²) >= 11 is 3.41. The summed E-state index contributed by atoms with van der Waals surface area (Å²) in [4.78, 5) is 0. The summed E-state index contributed by atoms with van der Waals surface area (Å²) in [5.74, 6) is 0.120. The monoisotopic (exact) mass is 299 g/mol. The van der Waals surface area contributed by atoms with Crippen LogP contribution in [0.3, 0.4) is 0 Å². The van der Waals surface area contributed by atoms with Crippen molar-refractivity contribution in [3.8, 4) is 11.8 Å². The summed E-state index contributed by atoms with van der Waals surface area (Å²) in [7, 11) is 0. The van der Waals surface area contributed by atoms with Gasteiger partial charge in [-0.1, -0.05) is 29.3 Å². The molecule has 0 aliphatic carbocycles. The lowest BCUT2D eigenvalue weighted by Gasteiger charge is -2.14. The average Bonchev–Trinajstić information content (AvgIpc) is 2.35. The average molecular weight is 300 g/mol. The Kier molecular flexibility index (Phi) is 5.99. The minimum absolute atomic E-state index is 0.214. The molecule has 0 radical (unpaired) electrons. The molecule has 0 spiro atoms. The lowest BCUT2D eigenvalue weighted by molar-refractivity contribution is 0.245. The number of nitriles is 1. The Balaban J connectivity index is 2.60. The molecule has 0 fully saturated rings. The first-order valence-corrected chi connectivity index (χ1v) is 6.71. The molecular weight excluding hydrogens is 285 g/mol. The van der Waals surface area contributed by atoms with E-state index < -0.39 is 5.82 Å². The van der Waals surface area contributed by atoms with Crippen LogP contribution in [0.4, 0.5) is 4.39 Å². The highest BCUT2D eigenvalue weighted by Crippen LogP contribution is 2.20. The topological polar surface area (TPSA) is 33.0 Å². The summed E-state index contributed by atoms with van der Waals surface area (Å²) in [6.45, 7) is 2.60. The molecule has 1 aromatic rings. The van der Waals surface area contributed by atoms with E-state index in [0.29, 0.717) is 18.1 Å². The van der Waals surface area contributed by atoms with E-state index in [9.17, 15) is 4.39 Å². The first-order valence-electron chi connectivity index (χ1n) is 5.59. The Bertz CT molecular complexity index is 403. The summed E-state index contributed by atoms with van der Waals surface area (Å²) in [6, 6.07) is 6.14. The van der Waals surface area contributed by atoms with Crippen molar-refractivity contribution in [1.29, 1.82) is 5.26 Å². The van der Waals surface area contributed by atoms with E-state index in [4.69, 9.17) is 10.00 Å². The highest BCUT2D eigenvalue weighted by atomic mass is 79.9. The van der Waals surface area contributed by atoms with Crippen LogP contribution < -0.4 is 4.74 Å². The van der Waals surface area contributed by atoms with Crippen molar-refractivity contribution in [3.05, 3.63) is 29.6 Å². The maximum atomic E-state index is 13.5. The fraction of sp³-hybridized carbons (Fsp3) is 0.462. The number of benzene rings is 1. The van der Waals surface area contributed by atoms with Crippen LogP contribution in [0.25, 0.3) is 0 Å². The zero-order valence-corrected chi connectivity index (χ0v) is 11.3. The van der Waals surface area contributed by atoms with Gasteiger partial charge in [-0.15, -0.1) is 0 Å². The quantitative estimate of drug-likeness (QED) is 0.747. The molecule has 0 saturated carbocycles. The van der Waals surface area contributed by atoms with Crippen molar-refractivity contribution in [2.24, 2.45) is 5.92 Å². The van der Waals surface area contributed by atoms with E-state index in [0.717, 1.165) is 18.2 Å². The second kappa shape index (κ2) is 7.29. The standard InChI is InChI=1S/C13H15BrFNO/c1-2-3-11(7-14)9-17-13-5-4-10(8-16)6-12(13)15/h4-6,11H,2-3,7,9H2,1H3. The third-order valence-corrected chi connectivity index (χ3v) is 3.37. The molecule has 0 aliphatic rings. The highest BCUT2D eigenvalue weighted by molar-refractivity contribution is 9.09. The number of halogens is 2. The Labute approximate surface area is 110 Å². The molecule has 2 nitrogen and oxygen atoms in total. The van der Waals surface area contributed by atoms with Crippen molar-refractivity contribution in [1.82, 2.24) is 0 Å². The second-order valence-corrected chi connectivity index (χ2v) is 4.52. The molecule has 0 aliphatic heterocycles. The van der Waals surface area contributed by atoms with Crippen molar-refractivity contribution >= 4 is 15.9 Å². The highest BCUT2D eigenvalue weighted by Gasteiger charge is 2.10. The summed E-state index contributed by atoms with van der Waals surface area (Å²) in [5.41, 5.74) is 0.306. The van der Waals surface area contributed by atoms with Gasteiger partial charge in [-0.05, 0) is 24.6 Å². The Morgan fingerprint density at radius 2 is 2.29 bits per heavy atom. The second-order valence-electron chi connectivity index (χ2n) is 3.88. The van der Waals surface area contributed by atoms with Crippen LogP contribution in [0.1, 0.15) is 25.3 Å². The normalized spacial score (nSPS) is 11.9. The molecule has 1 rings (SSSR count). The summed E-state index contributed by atoms with van der Waals surface area (Å²) < 4.78 is 18.9. The first kappa shape index (κ1) is 14.0. The zero-order valence-electron chi connectivity index (χ0n) is 9.75. The molecule has 0 heterocycles.